The highest BCUT2D eigenvalue weighted by atomic mass is 16.5. The number of ether oxygens (including phenoxy) is 1. The standard InChI is InChI=1S/C20H24N2O3/c1-14(2)17-10-6-7-11-18(17)25-13-20(24)22-21-19(23)12-16-9-5-4-8-15(16)3/h4-11,14H,12-13H2,1-3H3,(H,21,23)(H,22,24). The smallest absolute Gasteiger partial charge is 0.276 e. The molecule has 0 aliphatic rings. The van der Waals surface area contributed by atoms with Gasteiger partial charge in [-0.3, -0.25) is 20.4 Å². The van der Waals surface area contributed by atoms with Crippen LogP contribution in [0.3, 0.4) is 0 Å². The van der Waals surface area contributed by atoms with E-state index in [1.165, 1.54) is 0 Å². The summed E-state index contributed by atoms with van der Waals surface area (Å²) in [6, 6.07) is 15.3. The summed E-state index contributed by atoms with van der Waals surface area (Å²) in [4.78, 5) is 23.8. The quantitative estimate of drug-likeness (QED) is 0.795. The van der Waals surface area contributed by atoms with Crippen molar-refractivity contribution in [1.29, 1.82) is 0 Å². The predicted molar refractivity (Wildman–Crippen MR) is 97.2 cm³/mol. The summed E-state index contributed by atoms with van der Waals surface area (Å²) in [5.41, 5.74) is 7.80. The third-order valence-corrected chi connectivity index (χ3v) is 3.85. The molecule has 0 radical (unpaired) electrons. The van der Waals surface area contributed by atoms with E-state index in [0.717, 1.165) is 16.7 Å². The molecule has 2 aromatic carbocycles. The van der Waals surface area contributed by atoms with Crippen molar-refractivity contribution in [2.24, 2.45) is 0 Å². The number of aryl methyl sites for hydroxylation is 1. The van der Waals surface area contributed by atoms with Crippen molar-refractivity contribution in [3.8, 4) is 5.75 Å². The Morgan fingerprint density at radius 2 is 1.60 bits per heavy atom. The summed E-state index contributed by atoms with van der Waals surface area (Å²) in [6.07, 6.45) is 0.212. The topological polar surface area (TPSA) is 67.4 Å². The van der Waals surface area contributed by atoms with Gasteiger partial charge in [0.15, 0.2) is 6.61 Å². The fourth-order valence-corrected chi connectivity index (χ4v) is 2.43. The van der Waals surface area contributed by atoms with Gasteiger partial charge in [-0.15, -0.1) is 0 Å². The fraction of sp³-hybridized carbons (Fsp3) is 0.300. The van der Waals surface area contributed by atoms with E-state index in [9.17, 15) is 9.59 Å². The van der Waals surface area contributed by atoms with Gasteiger partial charge in [0.2, 0.25) is 5.91 Å². The van der Waals surface area contributed by atoms with Crippen molar-refractivity contribution >= 4 is 11.8 Å². The fourth-order valence-electron chi connectivity index (χ4n) is 2.43. The Kier molecular flexibility index (Phi) is 6.57. The van der Waals surface area contributed by atoms with Crippen LogP contribution in [0.1, 0.15) is 36.5 Å². The zero-order valence-corrected chi connectivity index (χ0v) is 14.8. The molecule has 5 heteroatoms. The molecular formula is C20H24N2O3. The number of para-hydroxylation sites is 1. The van der Waals surface area contributed by atoms with Crippen molar-refractivity contribution in [2.75, 3.05) is 6.61 Å². The number of amides is 2. The maximum absolute atomic E-state index is 11.9. The number of carbonyl (C=O) groups excluding carboxylic acids is 2. The number of carbonyl (C=O) groups is 2. The number of hydrogen-bond acceptors (Lipinski definition) is 3. The van der Waals surface area contributed by atoms with Gasteiger partial charge >= 0.3 is 0 Å². The van der Waals surface area contributed by atoms with E-state index in [0.29, 0.717) is 11.7 Å². The number of nitrogens with one attached hydrogen (secondary N) is 2. The molecule has 2 N–H and O–H groups in total. The summed E-state index contributed by atoms with van der Waals surface area (Å²) < 4.78 is 5.57. The SMILES string of the molecule is Cc1ccccc1CC(=O)NNC(=O)COc1ccccc1C(C)C. The molecule has 2 aromatic rings. The summed E-state index contributed by atoms with van der Waals surface area (Å²) in [5.74, 6) is 0.300. The monoisotopic (exact) mass is 340 g/mol. The van der Waals surface area contributed by atoms with Crippen LogP contribution in [0.15, 0.2) is 48.5 Å². The van der Waals surface area contributed by atoms with Crippen LogP contribution in [0.4, 0.5) is 0 Å². The molecule has 0 saturated heterocycles. The summed E-state index contributed by atoms with van der Waals surface area (Å²) in [6.45, 7) is 5.91. The van der Waals surface area contributed by atoms with Crippen LogP contribution in [-0.4, -0.2) is 18.4 Å². The summed E-state index contributed by atoms with van der Waals surface area (Å²) in [5, 5.41) is 0. The first kappa shape index (κ1) is 18.5. The van der Waals surface area contributed by atoms with Crippen LogP contribution in [0.5, 0.6) is 5.75 Å². The average molecular weight is 340 g/mol. The van der Waals surface area contributed by atoms with E-state index >= 15 is 0 Å². The van der Waals surface area contributed by atoms with E-state index < -0.39 is 5.91 Å². The minimum atomic E-state index is -0.406. The van der Waals surface area contributed by atoms with Gasteiger partial charge in [0.1, 0.15) is 5.75 Å². The molecule has 0 fully saturated rings. The molecule has 25 heavy (non-hydrogen) atoms. The van der Waals surface area contributed by atoms with Gasteiger partial charge in [-0.05, 0) is 35.6 Å². The van der Waals surface area contributed by atoms with Gasteiger partial charge in [0.05, 0.1) is 6.42 Å². The van der Waals surface area contributed by atoms with Crippen molar-refractivity contribution < 1.29 is 14.3 Å². The lowest BCUT2D eigenvalue weighted by Gasteiger charge is -2.14. The third kappa shape index (κ3) is 5.64. The first-order valence-corrected chi connectivity index (χ1v) is 8.31. The molecule has 132 valence electrons. The van der Waals surface area contributed by atoms with Crippen molar-refractivity contribution in [2.45, 2.75) is 33.1 Å². The lowest BCUT2D eigenvalue weighted by molar-refractivity contribution is -0.129. The van der Waals surface area contributed by atoms with Crippen LogP contribution in [0, 0.1) is 6.92 Å². The zero-order valence-electron chi connectivity index (χ0n) is 14.8. The molecule has 5 nitrogen and oxygen atoms in total. The van der Waals surface area contributed by atoms with Gasteiger partial charge in [0.25, 0.3) is 5.91 Å². The number of rotatable bonds is 6. The van der Waals surface area contributed by atoms with E-state index in [1.54, 1.807) is 0 Å². The largest absolute Gasteiger partial charge is 0.483 e. The Balaban J connectivity index is 1.79. The van der Waals surface area contributed by atoms with Gasteiger partial charge in [-0.1, -0.05) is 56.3 Å². The summed E-state index contributed by atoms with van der Waals surface area (Å²) in [7, 11) is 0. The Morgan fingerprint density at radius 3 is 2.32 bits per heavy atom. The molecule has 0 aromatic heterocycles. The van der Waals surface area contributed by atoms with Crippen molar-refractivity contribution in [3.05, 3.63) is 65.2 Å². The van der Waals surface area contributed by atoms with E-state index in [4.69, 9.17) is 4.74 Å². The highest BCUT2D eigenvalue weighted by molar-refractivity contribution is 5.84. The van der Waals surface area contributed by atoms with Crippen molar-refractivity contribution in [1.82, 2.24) is 10.9 Å². The van der Waals surface area contributed by atoms with Crippen LogP contribution in [0.25, 0.3) is 0 Å². The molecule has 0 spiro atoms. The highest BCUT2D eigenvalue weighted by Crippen LogP contribution is 2.25. The number of hydrazine groups is 1. The molecule has 2 rings (SSSR count). The second kappa shape index (κ2) is 8.87. The summed E-state index contributed by atoms with van der Waals surface area (Å²) >= 11 is 0. The average Bonchev–Trinajstić information content (AvgIpc) is 2.60. The molecule has 2 amide bonds. The Bertz CT molecular complexity index is 741. The normalized spacial score (nSPS) is 10.4. The highest BCUT2D eigenvalue weighted by Gasteiger charge is 2.10. The van der Waals surface area contributed by atoms with Gasteiger partial charge in [-0.25, -0.2) is 0 Å². The Labute approximate surface area is 148 Å². The molecule has 0 saturated carbocycles. The zero-order chi connectivity index (χ0) is 18.2. The van der Waals surface area contributed by atoms with E-state index in [2.05, 4.69) is 24.7 Å². The maximum Gasteiger partial charge on any atom is 0.276 e. The molecule has 0 aliphatic carbocycles. The second-order valence-electron chi connectivity index (χ2n) is 6.18. The molecule has 0 heterocycles. The van der Waals surface area contributed by atoms with Crippen LogP contribution < -0.4 is 15.6 Å². The Hall–Kier alpha value is -2.82. The molecule has 0 aliphatic heterocycles. The second-order valence-corrected chi connectivity index (χ2v) is 6.18. The van der Waals surface area contributed by atoms with E-state index in [-0.39, 0.29) is 18.9 Å². The molecule has 0 bridgehead atoms. The van der Waals surface area contributed by atoms with Crippen LogP contribution in [0.2, 0.25) is 0 Å². The third-order valence-electron chi connectivity index (χ3n) is 3.85. The number of benzene rings is 2. The van der Waals surface area contributed by atoms with Gasteiger partial charge < -0.3 is 4.74 Å². The van der Waals surface area contributed by atoms with Gasteiger partial charge in [-0.2, -0.15) is 0 Å². The van der Waals surface area contributed by atoms with Crippen molar-refractivity contribution in [3.63, 3.8) is 0 Å². The minimum absolute atomic E-state index is 0.158. The van der Waals surface area contributed by atoms with Crippen LogP contribution in [-0.2, 0) is 16.0 Å². The Morgan fingerprint density at radius 1 is 0.960 bits per heavy atom. The predicted octanol–water partition coefficient (Wildman–Crippen LogP) is 2.89. The molecule has 0 atom stereocenters. The first-order chi connectivity index (χ1) is 12.0. The number of hydrogen-bond donors (Lipinski definition) is 2. The van der Waals surface area contributed by atoms with Crippen LogP contribution >= 0.6 is 0 Å². The molecular weight excluding hydrogens is 316 g/mol. The lowest BCUT2D eigenvalue weighted by atomic mass is 10.0. The van der Waals surface area contributed by atoms with Gasteiger partial charge in [0, 0.05) is 0 Å². The molecule has 0 unspecified atom stereocenters. The lowest BCUT2D eigenvalue weighted by Crippen LogP contribution is -2.44. The first-order valence-electron chi connectivity index (χ1n) is 8.31. The van der Waals surface area contributed by atoms with E-state index in [1.807, 2.05) is 55.5 Å². The minimum Gasteiger partial charge on any atom is -0.483 e. The maximum atomic E-state index is 11.9.